The largest absolute Gasteiger partial charge is 0.507 e. The molecule has 4 aromatic rings. The Balaban J connectivity index is 1.58. The van der Waals surface area contributed by atoms with Crippen molar-refractivity contribution in [3.05, 3.63) is 77.9 Å². The summed E-state index contributed by atoms with van der Waals surface area (Å²) in [5.41, 5.74) is 3.16. The van der Waals surface area contributed by atoms with E-state index in [2.05, 4.69) is 30.3 Å². The lowest BCUT2D eigenvalue weighted by atomic mass is 10.1. The Morgan fingerprint density at radius 2 is 1.58 bits per heavy atom. The smallest absolute Gasteiger partial charge is 0.203 e. The third-order valence-electron chi connectivity index (χ3n) is 5.08. The number of phenols is 1. The first-order chi connectivity index (χ1) is 15.1. The quantitative estimate of drug-likeness (QED) is 0.359. The Morgan fingerprint density at radius 1 is 0.871 bits per heavy atom. The third-order valence-corrected chi connectivity index (χ3v) is 6.22. The van der Waals surface area contributed by atoms with Gasteiger partial charge in [0.1, 0.15) is 5.75 Å². The fourth-order valence-corrected chi connectivity index (χ4v) is 4.72. The lowest BCUT2D eigenvalue weighted by molar-refractivity contribution is 0.324. The van der Waals surface area contributed by atoms with Crippen LogP contribution >= 0.6 is 11.3 Å². The van der Waals surface area contributed by atoms with Crippen molar-refractivity contribution in [2.24, 2.45) is 0 Å². The molecule has 1 N–H and O–H groups in total. The second-order valence-electron chi connectivity index (χ2n) is 7.07. The number of ether oxygens (including phenoxy) is 3. The molecule has 0 unspecified atom stereocenters. The predicted molar refractivity (Wildman–Crippen MR) is 128 cm³/mol. The van der Waals surface area contributed by atoms with E-state index in [4.69, 9.17) is 14.2 Å². The van der Waals surface area contributed by atoms with Crippen molar-refractivity contribution in [2.75, 3.05) is 21.3 Å². The van der Waals surface area contributed by atoms with Gasteiger partial charge in [-0.3, -0.25) is 0 Å². The Kier molecular flexibility index (Phi) is 6.14. The van der Waals surface area contributed by atoms with Crippen LogP contribution in [0.25, 0.3) is 26.6 Å². The number of allylic oxidation sites excluding steroid dienone is 1. The molecular weight excluding hydrogens is 408 g/mol. The van der Waals surface area contributed by atoms with Crippen LogP contribution in [0, 0.1) is 0 Å². The highest BCUT2D eigenvalue weighted by molar-refractivity contribution is 7.22. The Morgan fingerprint density at radius 3 is 2.23 bits per heavy atom. The van der Waals surface area contributed by atoms with Crippen molar-refractivity contribution < 1.29 is 19.3 Å². The van der Waals surface area contributed by atoms with Crippen molar-refractivity contribution in [3.63, 3.8) is 0 Å². The van der Waals surface area contributed by atoms with Crippen molar-refractivity contribution >= 4 is 27.5 Å². The molecule has 5 heteroatoms. The van der Waals surface area contributed by atoms with Gasteiger partial charge in [0.05, 0.1) is 21.3 Å². The van der Waals surface area contributed by atoms with Crippen LogP contribution in [0.5, 0.6) is 23.0 Å². The molecule has 1 heterocycles. The number of thiophene rings is 1. The van der Waals surface area contributed by atoms with Crippen molar-refractivity contribution in [2.45, 2.75) is 6.42 Å². The van der Waals surface area contributed by atoms with Gasteiger partial charge in [0.15, 0.2) is 11.5 Å². The molecule has 0 bridgehead atoms. The molecule has 4 nitrogen and oxygen atoms in total. The van der Waals surface area contributed by atoms with Crippen LogP contribution in [0.2, 0.25) is 0 Å². The molecule has 0 atom stereocenters. The van der Waals surface area contributed by atoms with Gasteiger partial charge in [-0.1, -0.05) is 42.5 Å². The summed E-state index contributed by atoms with van der Waals surface area (Å²) in [5.74, 6) is 2.12. The molecule has 0 saturated heterocycles. The Bertz CT molecular complexity index is 1200. The molecule has 0 saturated carbocycles. The topological polar surface area (TPSA) is 47.9 Å². The highest BCUT2D eigenvalue weighted by Crippen LogP contribution is 2.40. The third kappa shape index (κ3) is 4.37. The number of aromatic hydroxyl groups is 1. The molecule has 31 heavy (non-hydrogen) atoms. The van der Waals surface area contributed by atoms with Gasteiger partial charge in [-0.25, -0.2) is 0 Å². The molecule has 158 valence electrons. The molecule has 4 rings (SSSR count). The lowest BCUT2D eigenvalue weighted by Crippen LogP contribution is -1.95. The van der Waals surface area contributed by atoms with Gasteiger partial charge in [-0.15, -0.1) is 11.3 Å². The fraction of sp³-hybridized carbons (Fsp3) is 0.154. The first-order valence-corrected chi connectivity index (χ1v) is 10.7. The van der Waals surface area contributed by atoms with Gasteiger partial charge in [0.2, 0.25) is 5.75 Å². The van der Waals surface area contributed by atoms with Gasteiger partial charge < -0.3 is 19.3 Å². The zero-order valence-electron chi connectivity index (χ0n) is 17.7. The Labute approximate surface area is 186 Å². The van der Waals surface area contributed by atoms with E-state index < -0.39 is 0 Å². The molecule has 0 aliphatic rings. The molecule has 0 fully saturated rings. The minimum Gasteiger partial charge on any atom is -0.507 e. The minimum absolute atomic E-state index is 0.312. The van der Waals surface area contributed by atoms with Gasteiger partial charge in [-0.2, -0.15) is 0 Å². The number of fused-ring (bicyclic) bond motifs is 1. The summed E-state index contributed by atoms with van der Waals surface area (Å²) in [6, 6.07) is 20.1. The maximum absolute atomic E-state index is 10.6. The van der Waals surface area contributed by atoms with E-state index in [1.54, 1.807) is 32.7 Å². The van der Waals surface area contributed by atoms with Crippen LogP contribution in [-0.2, 0) is 6.42 Å². The van der Waals surface area contributed by atoms with E-state index in [-0.39, 0.29) is 0 Å². The maximum Gasteiger partial charge on any atom is 0.203 e. The van der Waals surface area contributed by atoms with E-state index in [1.807, 2.05) is 42.5 Å². The van der Waals surface area contributed by atoms with E-state index >= 15 is 0 Å². The average molecular weight is 433 g/mol. The molecule has 1 aromatic heterocycles. The summed E-state index contributed by atoms with van der Waals surface area (Å²) in [6.45, 7) is 0. The molecular formula is C26H24O4S. The molecule has 0 amide bonds. The van der Waals surface area contributed by atoms with E-state index in [0.29, 0.717) is 29.4 Å². The normalized spacial score (nSPS) is 11.2. The number of benzene rings is 3. The van der Waals surface area contributed by atoms with Crippen LogP contribution in [0.15, 0.2) is 66.7 Å². The van der Waals surface area contributed by atoms with E-state index in [9.17, 15) is 5.11 Å². The van der Waals surface area contributed by atoms with E-state index in [0.717, 1.165) is 31.7 Å². The van der Waals surface area contributed by atoms with Crippen LogP contribution in [0.4, 0.5) is 0 Å². The zero-order chi connectivity index (χ0) is 21.8. The molecule has 0 aliphatic heterocycles. The van der Waals surface area contributed by atoms with Crippen molar-refractivity contribution in [3.8, 4) is 33.4 Å². The SMILES string of the molecule is COc1cc(/C=C\Cc2cc(O)c3cc(-c4ccccc4)sc3c2)cc(OC)c1OC. The van der Waals surface area contributed by atoms with Crippen LogP contribution in [0.1, 0.15) is 11.1 Å². The number of methoxy groups -OCH3 is 3. The molecule has 0 aliphatic carbocycles. The van der Waals surface area contributed by atoms with Crippen LogP contribution in [0.3, 0.4) is 0 Å². The first-order valence-electron chi connectivity index (χ1n) is 9.90. The van der Waals surface area contributed by atoms with Crippen molar-refractivity contribution in [1.29, 1.82) is 0 Å². The summed E-state index contributed by atoms with van der Waals surface area (Å²) in [6.07, 6.45) is 4.77. The number of hydrogen-bond acceptors (Lipinski definition) is 5. The molecule has 0 radical (unpaired) electrons. The summed E-state index contributed by atoms with van der Waals surface area (Å²) < 4.78 is 17.3. The second-order valence-corrected chi connectivity index (χ2v) is 8.15. The predicted octanol–water partition coefficient (Wildman–Crippen LogP) is 6.56. The number of phenolic OH excluding ortho intramolecular Hbond substituents is 1. The number of rotatable bonds is 7. The van der Waals surface area contributed by atoms with Gasteiger partial charge in [-0.05, 0) is 53.4 Å². The average Bonchev–Trinajstić information content (AvgIpc) is 3.24. The second kappa shape index (κ2) is 9.14. The highest BCUT2D eigenvalue weighted by atomic mass is 32.1. The minimum atomic E-state index is 0.312. The van der Waals surface area contributed by atoms with Crippen LogP contribution < -0.4 is 14.2 Å². The standard InChI is InChI=1S/C26H24O4S/c1-28-22-13-18(14-23(29-2)26(22)30-3)9-7-8-17-12-21(27)20-16-24(31-25(20)15-17)19-10-5-4-6-11-19/h4-7,9-16,27H,8H2,1-3H3/b9-7-. The monoisotopic (exact) mass is 432 g/mol. The van der Waals surface area contributed by atoms with Gasteiger partial charge >= 0.3 is 0 Å². The first kappa shape index (κ1) is 20.8. The van der Waals surface area contributed by atoms with Gasteiger partial charge in [0, 0.05) is 15.0 Å². The van der Waals surface area contributed by atoms with Crippen molar-refractivity contribution in [1.82, 2.24) is 0 Å². The number of hydrogen-bond donors (Lipinski definition) is 1. The summed E-state index contributed by atoms with van der Waals surface area (Å²) in [5, 5.41) is 11.4. The summed E-state index contributed by atoms with van der Waals surface area (Å²) in [4.78, 5) is 1.15. The maximum atomic E-state index is 10.6. The van der Waals surface area contributed by atoms with Crippen LogP contribution in [-0.4, -0.2) is 26.4 Å². The Hall–Kier alpha value is -3.44. The molecule has 3 aromatic carbocycles. The van der Waals surface area contributed by atoms with E-state index in [1.165, 1.54) is 0 Å². The summed E-state index contributed by atoms with van der Waals surface area (Å²) >= 11 is 1.69. The zero-order valence-corrected chi connectivity index (χ0v) is 18.5. The summed E-state index contributed by atoms with van der Waals surface area (Å²) in [7, 11) is 4.80. The fourth-order valence-electron chi connectivity index (χ4n) is 3.57. The van der Waals surface area contributed by atoms with Gasteiger partial charge in [0.25, 0.3) is 0 Å². The highest BCUT2D eigenvalue weighted by Gasteiger charge is 2.12. The lowest BCUT2D eigenvalue weighted by Gasteiger charge is -2.12. The molecule has 0 spiro atoms.